The summed E-state index contributed by atoms with van der Waals surface area (Å²) in [5, 5.41) is 0. The summed E-state index contributed by atoms with van der Waals surface area (Å²) in [6.07, 6.45) is 25.2. The van der Waals surface area contributed by atoms with Crippen molar-refractivity contribution >= 4 is 0 Å². The van der Waals surface area contributed by atoms with E-state index < -0.39 is 0 Å². The topological polar surface area (TPSA) is 18.5 Å². The zero-order chi connectivity index (χ0) is 23.6. The molecule has 0 aromatic heterocycles. The van der Waals surface area contributed by atoms with Crippen molar-refractivity contribution in [3.8, 4) is 0 Å². The summed E-state index contributed by atoms with van der Waals surface area (Å²) in [4.78, 5) is 0. The van der Waals surface area contributed by atoms with Gasteiger partial charge in [-0.1, -0.05) is 97.8 Å². The van der Waals surface area contributed by atoms with Gasteiger partial charge in [0.15, 0.2) is 0 Å². The highest BCUT2D eigenvalue weighted by molar-refractivity contribution is 4.54. The number of rotatable bonds is 27. The van der Waals surface area contributed by atoms with Gasteiger partial charge >= 0.3 is 0 Å². The van der Waals surface area contributed by atoms with E-state index in [0.717, 1.165) is 13.2 Å². The van der Waals surface area contributed by atoms with Gasteiger partial charge in [0.1, 0.15) is 6.54 Å². The van der Waals surface area contributed by atoms with E-state index in [1.807, 2.05) is 0 Å². The molecular formula is C29H62NO2+. The molecule has 0 aliphatic heterocycles. The Morgan fingerprint density at radius 3 is 1.16 bits per heavy atom. The molecule has 0 heterocycles. The number of hydrogen-bond donors (Lipinski definition) is 0. The maximum atomic E-state index is 5.97. The Bertz CT molecular complexity index is 307. The van der Waals surface area contributed by atoms with Gasteiger partial charge in [0.25, 0.3) is 0 Å². The SMILES string of the molecule is CCCCCCCC[N+](CCCCCCCC)(CCCCCCCC)CCOCCOC. The lowest BCUT2D eigenvalue weighted by molar-refractivity contribution is -0.929. The van der Waals surface area contributed by atoms with Crippen LogP contribution in [0.4, 0.5) is 0 Å². The van der Waals surface area contributed by atoms with Crippen LogP contribution in [0.3, 0.4) is 0 Å². The summed E-state index contributed by atoms with van der Waals surface area (Å²) in [6.45, 7) is 14.6. The Balaban J connectivity index is 4.72. The molecule has 0 atom stereocenters. The molecule has 0 rings (SSSR count). The lowest BCUT2D eigenvalue weighted by atomic mass is 10.1. The predicted octanol–water partition coefficient (Wildman–Crippen LogP) is 8.55. The number of nitrogens with zero attached hydrogens (tertiary/aromatic N) is 1. The Kier molecular flexibility index (Phi) is 25.4. The molecule has 0 N–H and O–H groups in total. The van der Waals surface area contributed by atoms with E-state index in [1.165, 1.54) is 146 Å². The molecule has 0 radical (unpaired) electrons. The third kappa shape index (κ3) is 20.5. The van der Waals surface area contributed by atoms with Crippen molar-refractivity contribution in [3.05, 3.63) is 0 Å². The average molecular weight is 457 g/mol. The molecule has 32 heavy (non-hydrogen) atoms. The summed E-state index contributed by atoms with van der Waals surface area (Å²) in [5.41, 5.74) is 0. The van der Waals surface area contributed by atoms with Gasteiger partial charge < -0.3 is 14.0 Å². The van der Waals surface area contributed by atoms with Crippen molar-refractivity contribution in [1.82, 2.24) is 0 Å². The van der Waals surface area contributed by atoms with E-state index >= 15 is 0 Å². The maximum Gasteiger partial charge on any atom is 0.102 e. The van der Waals surface area contributed by atoms with Crippen molar-refractivity contribution in [1.29, 1.82) is 0 Å². The van der Waals surface area contributed by atoms with Gasteiger partial charge in [-0.05, 0) is 38.5 Å². The van der Waals surface area contributed by atoms with Gasteiger partial charge in [-0.15, -0.1) is 0 Å². The first-order chi connectivity index (χ1) is 15.7. The third-order valence-electron chi connectivity index (χ3n) is 7.10. The maximum absolute atomic E-state index is 5.97. The highest BCUT2D eigenvalue weighted by Gasteiger charge is 2.26. The molecule has 0 spiro atoms. The summed E-state index contributed by atoms with van der Waals surface area (Å²) in [5.74, 6) is 0. The first kappa shape index (κ1) is 31.9. The molecule has 0 bridgehead atoms. The summed E-state index contributed by atoms with van der Waals surface area (Å²) in [7, 11) is 1.76. The standard InChI is InChI=1S/C29H62NO2/c1-5-8-11-14-17-20-23-30(26-27-32-29-28-31-4,24-21-18-15-12-9-6-2)25-22-19-16-13-10-7-3/h5-29H2,1-4H3/q+1. The molecule has 3 nitrogen and oxygen atoms in total. The molecule has 0 saturated heterocycles. The molecule has 194 valence electrons. The molecule has 0 aromatic carbocycles. The zero-order valence-corrected chi connectivity index (χ0v) is 22.9. The highest BCUT2D eigenvalue weighted by Crippen LogP contribution is 2.18. The average Bonchev–Trinajstić information content (AvgIpc) is 2.80. The summed E-state index contributed by atoms with van der Waals surface area (Å²) < 4.78 is 12.5. The van der Waals surface area contributed by atoms with Gasteiger partial charge in [0.05, 0.1) is 39.5 Å². The molecule has 0 fully saturated rings. The molecule has 0 aliphatic carbocycles. The van der Waals surface area contributed by atoms with Crippen LogP contribution in [0.2, 0.25) is 0 Å². The van der Waals surface area contributed by atoms with Gasteiger partial charge in [0, 0.05) is 7.11 Å². The second-order valence-corrected chi connectivity index (χ2v) is 10.1. The van der Waals surface area contributed by atoms with Gasteiger partial charge in [0.2, 0.25) is 0 Å². The first-order valence-corrected chi connectivity index (χ1v) is 14.7. The van der Waals surface area contributed by atoms with Crippen LogP contribution in [0.1, 0.15) is 136 Å². The minimum absolute atomic E-state index is 0.715. The monoisotopic (exact) mass is 456 g/mol. The van der Waals surface area contributed by atoms with E-state index in [0.29, 0.717) is 6.61 Å². The molecule has 0 unspecified atom stereocenters. The van der Waals surface area contributed by atoms with Crippen molar-refractivity contribution < 1.29 is 14.0 Å². The van der Waals surface area contributed by atoms with Gasteiger partial charge in [-0.2, -0.15) is 0 Å². The fourth-order valence-electron chi connectivity index (χ4n) is 4.86. The van der Waals surface area contributed by atoms with Crippen LogP contribution in [0.25, 0.3) is 0 Å². The summed E-state index contributed by atoms with van der Waals surface area (Å²) in [6, 6.07) is 0. The fourth-order valence-corrected chi connectivity index (χ4v) is 4.86. The minimum atomic E-state index is 0.715. The van der Waals surface area contributed by atoms with E-state index in [2.05, 4.69) is 20.8 Å². The Morgan fingerprint density at radius 1 is 0.406 bits per heavy atom. The number of ether oxygens (including phenoxy) is 2. The normalized spacial score (nSPS) is 12.0. The minimum Gasteiger partial charge on any atom is -0.382 e. The number of unbranched alkanes of at least 4 members (excludes halogenated alkanes) is 15. The zero-order valence-electron chi connectivity index (χ0n) is 22.9. The number of quaternary nitrogens is 1. The van der Waals surface area contributed by atoms with Crippen LogP contribution >= 0.6 is 0 Å². The fraction of sp³-hybridized carbons (Fsp3) is 1.00. The molecule has 0 aromatic rings. The van der Waals surface area contributed by atoms with Crippen LogP contribution in [-0.2, 0) is 9.47 Å². The number of methoxy groups -OCH3 is 1. The second-order valence-electron chi connectivity index (χ2n) is 10.1. The van der Waals surface area contributed by atoms with Crippen LogP contribution in [0.15, 0.2) is 0 Å². The molecular weight excluding hydrogens is 394 g/mol. The molecule has 0 saturated carbocycles. The van der Waals surface area contributed by atoms with Crippen molar-refractivity contribution in [2.45, 2.75) is 136 Å². The molecule has 0 amide bonds. The Labute approximate surface area is 203 Å². The van der Waals surface area contributed by atoms with Crippen molar-refractivity contribution in [2.24, 2.45) is 0 Å². The summed E-state index contributed by atoms with van der Waals surface area (Å²) >= 11 is 0. The lowest BCUT2D eigenvalue weighted by Gasteiger charge is -2.39. The third-order valence-corrected chi connectivity index (χ3v) is 7.10. The highest BCUT2D eigenvalue weighted by atomic mass is 16.5. The Hall–Kier alpha value is -0.120. The smallest absolute Gasteiger partial charge is 0.102 e. The lowest BCUT2D eigenvalue weighted by Crippen LogP contribution is -2.52. The molecule has 0 aliphatic rings. The number of hydrogen-bond acceptors (Lipinski definition) is 2. The first-order valence-electron chi connectivity index (χ1n) is 14.7. The predicted molar refractivity (Wildman–Crippen MR) is 143 cm³/mol. The van der Waals surface area contributed by atoms with Gasteiger partial charge in [-0.25, -0.2) is 0 Å². The van der Waals surface area contributed by atoms with Crippen LogP contribution in [-0.4, -0.2) is 57.6 Å². The van der Waals surface area contributed by atoms with Crippen molar-refractivity contribution in [2.75, 3.05) is 53.1 Å². The van der Waals surface area contributed by atoms with E-state index in [-0.39, 0.29) is 0 Å². The second kappa shape index (κ2) is 25.5. The quantitative estimate of drug-likeness (QED) is 0.0910. The largest absolute Gasteiger partial charge is 0.382 e. The van der Waals surface area contributed by atoms with Crippen LogP contribution in [0, 0.1) is 0 Å². The Morgan fingerprint density at radius 2 is 0.781 bits per heavy atom. The van der Waals surface area contributed by atoms with Gasteiger partial charge in [-0.3, -0.25) is 0 Å². The van der Waals surface area contributed by atoms with E-state index in [9.17, 15) is 0 Å². The van der Waals surface area contributed by atoms with E-state index in [4.69, 9.17) is 9.47 Å². The van der Waals surface area contributed by atoms with Crippen LogP contribution < -0.4 is 0 Å². The molecule has 3 heteroatoms. The van der Waals surface area contributed by atoms with E-state index in [1.54, 1.807) is 7.11 Å². The van der Waals surface area contributed by atoms with Crippen LogP contribution in [0.5, 0.6) is 0 Å². The van der Waals surface area contributed by atoms with Crippen molar-refractivity contribution in [3.63, 3.8) is 0 Å².